The molecular weight excluding hydrogens is 204 g/mol. The number of likely N-dealkylation sites (tertiary alicyclic amines) is 1. The van der Waals surface area contributed by atoms with Crippen LogP contribution in [0.4, 0.5) is 4.79 Å². The van der Waals surface area contributed by atoms with Crippen molar-refractivity contribution in [1.82, 2.24) is 4.90 Å². The molecule has 4 heteroatoms. The Kier molecular flexibility index (Phi) is 3.69. The van der Waals surface area contributed by atoms with Gasteiger partial charge in [0.05, 0.1) is 6.61 Å². The van der Waals surface area contributed by atoms with Gasteiger partial charge in [-0.15, -0.1) is 0 Å². The number of hydrogen-bond donors (Lipinski definition) is 1. The first-order valence-corrected chi connectivity index (χ1v) is 6.38. The van der Waals surface area contributed by atoms with Gasteiger partial charge in [-0.1, -0.05) is 0 Å². The van der Waals surface area contributed by atoms with Crippen LogP contribution in [-0.2, 0) is 4.74 Å². The van der Waals surface area contributed by atoms with Gasteiger partial charge in [-0.3, -0.25) is 0 Å². The molecule has 1 saturated heterocycles. The van der Waals surface area contributed by atoms with Crippen LogP contribution in [0.15, 0.2) is 0 Å². The van der Waals surface area contributed by atoms with E-state index in [1.54, 1.807) is 0 Å². The highest BCUT2D eigenvalue weighted by Gasteiger charge is 2.42. The molecule has 1 aliphatic heterocycles. The lowest BCUT2D eigenvalue weighted by Crippen LogP contribution is -2.39. The number of hydrogen-bond acceptors (Lipinski definition) is 3. The molecule has 2 aliphatic rings. The van der Waals surface area contributed by atoms with Crippen molar-refractivity contribution in [2.45, 2.75) is 26.2 Å². The Balaban J connectivity index is 1.72. The van der Waals surface area contributed by atoms with E-state index < -0.39 is 0 Å². The van der Waals surface area contributed by atoms with E-state index in [2.05, 4.69) is 0 Å². The Bertz CT molecular complexity index is 249. The molecule has 2 atom stereocenters. The van der Waals surface area contributed by atoms with Crippen LogP contribution in [0.1, 0.15) is 26.2 Å². The van der Waals surface area contributed by atoms with Crippen LogP contribution >= 0.6 is 0 Å². The number of nitrogens with two attached hydrogens (primary N) is 1. The molecule has 0 aromatic heterocycles. The first-order valence-electron chi connectivity index (χ1n) is 6.38. The van der Waals surface area contributed by atoms with Crippen molar-refractivity contribution in [3.8, 4) is 0 Å². The van der Waals surface area contributed by atoms with Crippen molar-refractivity contribution in [1.29, 1.82) is 0 Å². The van der Waals surface area contributed by atoms with Crippen molar-refractivity contribution in [2.24, 2.45) is 23.5 Å². The molecule has 2 N–H and O–H groups in total. The molecule has 0 spiro atoms. The highest BCUT2D eigenvalue weighted by atomic mass is 16.6. The second kappa shape index (κ2) is 5.04. The average Bonchev–Trinajstić information content (AvgIpc) is 3.09. The Morgan fingerprint density at radius 2 is 2.12 bits per heavy atom. The number of rotatable bonds is 3. The largest absolute Gasteiger partial charge is 0.450 e. The number of piperidine rings is 1. The molecule has 4 nitrogen and oxygen atoms in total. The van der Waals surface area contributed by atoms with Crippen molar-refractivity contribution in [2.75, 3.05) is 26.2 Å². The maximum Gasteiger partial charge on any atom is 0.409 e. The molecule has 16 heavy (non-hydrogen) atoms. The maximum absolute atomic E-state index is 11.5. The summed E-state index contributed by atoms with van der Waals surface area (Å²) in [7, 11) is 0. The highest BCUT2D eigenvalue weighted by Crippen LogP contribution is 2.47. The monoisotopic (exact) mass is 226 g/mol. The van der Waals surface area contributed by atoms with E-state index in [1.165, 1.54) is 6.42 Å². The van der Waals surface area contributed by atoms with E-state index in [9.17, 15) is 4.79 Å². The molecule has 1 amide bonds. The fourth-order valence-corrected chi connectivity index (χ4v) is 2.84. The van der Waals surface area contributed by atoms with Gasteiger partial charge >= 0.3 is 6.09 Å². The van der Waals surface area contributed by atoms with Gasteiger partial charge in [-0.25, -0.2) is 4.79 Å². The number of carbonyl (C=O) groups excluding carboxylic acids is 1. The van der Waals surface area contributed by atoms with E-state index in [-0.39, 0.29) is 6.09 Å². The third-order valence-corrected chi connectivity index (χ3v) is 3.95. The average molecular weight is 226 g/mol. The zero-order valence-electron chi connectivity index (χ0n) is 10.0. The quantitative estimate of drug-likeness (QED) is 0.792. The zero-order chi connectivity index (χ0) is 11.5. The van der Waals surface area contributed by atoms with Gasteiger partial charge in [0.2, 0.25) is 0 Å². The summed E-state index contributed by atoms with van der Waals surface area (Å²) in [6.07, 6.45) is 3.41. The Morgan fingerprint density at radius 1 is 1.44 bits per heavy atom. The SMILES string of the molecule is CCOC(=O)N1CCC([C@@H]2C[C@H]2CN)CC1. The van der Waals surface area contributed by atoms with E-state index in [1.807, 2.05) is 11.8 Å². The van der Waals surface area contributed by atoms with Gasteiger partial charge in [0.1, 0.15) is 0 Å². The minimum Gasteiger partial charge on any atom is -0.450 e. The second-order valence-electron chi connectivity index (χ2n) is 4.92. The fourth-order valence-electron chi connectivity index (χ4n) is 2.84. The molecule has 92 valence electrons. The van der Waals surface area contributed by atoms with E-state index in [4.69, 9.17) is 10.5 Å². The number of carbonyl (C=O) groups is 1. The van der Waals surface area contributed by atoms with Gasteiger partial charge in [-0.2, -0.15) is 0 Å². The minimum absolute atomic E-state index is 0.146. The Morgan fingerprint density at radius 3 is 2.62 bits per heavy atom. The van der Waals surface area contributed by atoms with Crippen LogP contribution in [0.25, 0.3) is 0 Å². The normalized spacial score (nSPS) is 30.2. The van der Waals surface area contributed by atoms with Gasteiger partial charge in [0.15, 0.2) is 0 Å². The lowest BCUT2D eigenvalue weighted by molar-refractivity contribution is 0.0889. The molecule has 1 saturated carbocycles. The predicted octanol–water partition coefficient (Wildman–Crippen LogP) is 1.45. The summed E-state index contributed by atoms with van der Waals surface area (Å²) in [5, 5.41) is 0. The summed E-state index contributed by atoms with van der Waals surface area (Å²) in [5.41, 5.74) is 5.66. The van der Waals surface area contributed by atoms with Crippen LogP contribution in [-0.4, -0.2) is 37.2 Å². The standard InChI is InChI=1S/C12H22N2O2/c1-2-16-12(15)14-5-3-9(4-6-14)11-7-10(11)8-13/h9-11H,2-8,13H2,1H3/t10-,11-/m0/s1. The van der Waals surface area contributed by atoms with Crippen LogP contribution in [0.5, 0.6) is 0 Å². The summed E-state index contributed by atoms with van der Waals surface area (Å²) in [4.78, 5) is 13.3. The molecule has 0 radical (unpaired) electrons. The van der Waals surface area contributed by atoms with Gasteiger partial charge in [0, 0.05) is 13.1 Å². The fraction of sp³-hybridized carbons (Fsp3) is 0.917. The van der Waals surface area contributed by atoms with Crippen LogP contribution in [0.2, 0.25) is 0 Å². The molecule has 1 aliphatic carbocycles. The van der Waals surface area contributed by atoms with E-state index in [0.29, 0.717) is 6.61 Å². The smallest absolute Gasteiger partial charge is 0.409 e. The lowest BCUT2D eigenvalue weighted by atomic mass is 9.91. The number of ether oxygens (including phenoxy) is 1. The lowest BCUT2D eigenvalue weighted by Gasteiger charge is -2.31. The van der Waals surface area contributed by atoms with Crippen molar-refractivity contribution in [3.05, 3.63) is 0 Å². The summed E-state index contributed by atoms with van der Waals surface area (Å²) < 4.78 is 5.00. The first kappa shape index (κ1) is 11.7. The molecule has 1 heterocycles. The third kappa shape index (κ3) is 2.48. The second-order valence-corrected chi connectivity index (χ2v) is 4.92. The van der Waals surface area contributed by atoms with Crippen LogP contribution < -0.4 is 5.73 Å². The zero-order valence-corrected chi connectivity index (χ0v) is 10.0. The molecule has 0 bridgehead atoms. The topological polar surface area (TPSA) is 55.6 Å². The molecular formula is C12H22N2O2. The van der Waals surface area contributed by atoms with Crippen molar-refractivity contribution in [3.63, 3.8) is 0 Å². The Labute approximate surface area is 97.1 Å². The third-order valence-electron chi connectivity index (χ3n) is 3.95. The first-order chi connectivity index (χ1) is 7.76. The van der Waals surface area contributed by atoms with E-state index in [0.717, 1.165) is 50.2 Å². The summed E-state index contributed by atoms with van der Waals surface area (Å²) >= 11 is 0. The molecule has 2 rings (SSSR count). The van der Waals surface area contributed by atoms with Crippen molar-refractivity contribution >= 4 is 6.09 Å². The van der Waals surface area contributed by atoms with Crippen molar-refractivity contribution < 1.29 is 9.53 Å². The Hall–Kier alpha value is -0.770. The van der Waals surface area contributed by atoms with Gasteiger partial charge in [-0.05, 0) is 50.5 Å². The summed E-state index contributed by atoms with van der Waals surface area (Å²) in [5.74, 6) is 2.40. The molecule has 0 unspecified atom stereocenters. The molecule has 0 aromatic carbocycles. The minimum atomic E-state index is -0.146. The summed E-state index contributed by atoms with van der Waals surface area (Å²) in [6.45, 7) is 4.87. The molecule has 0 aromatic rings. The highest BCUT2D eigenvalue weighted by molar-refractivity contribution is 5.67. The van der Waals surface area contributed by atoms with Gasteiger partial charge < -0.3 is 15.4 Å². The number of nitrogens with zero attached hydrogens (tertiary/aromatic N) is 1. The van der Waals surface area contributed by atoms with Crippen LogP contribution in [0.3, 0.4) is 0 Å². The predicted molar refractivity (Wildman–Crippen MR) is 62.0 cm³/mol. The number of amides is 1. The van der Waals surface area contributed by atoms with Crippen LogP contribution in [0, 0.1) is 17.8 Å². The van der Waals surface area contributed by atoms with Gasteiger partial charge in [0.25, 0.3) is 0 Å². The molecule has 2 fully saturated rings. The van der Waals surface area contributed by atoms with E-state index >= 15 is 0 Å². The summed E-state index contributed by atoms with van der Waals surface area (Å²) in [6, 6.07) is 0. The maximum atomic E-state index is 11.5.